The van der Waals surface area contributed by atoms with Crippen LogP contribution in [0, 0.1) is 0 Å². The summed E-state index contributed by atoms with van der Waals surface area (Å²) in [6.45, 7) is 0. The van der Waals surface area contributed by atoms with Crippen molar-refractivity contribution in [3.8, 4) is 11.6 Å². The van der Waals surface area contributed by atoms with E-state index in [1.165, 1.54) is 17.9 Å². The third-order valence-corrected chi connectivity index (χ3v) is 4.67. The number of aromatic nitrogens is 2. The third-order valence-electron chi connectivity index (χ3n) is 4.14. The Balaban J connectivity index is 1.76. The van der Waals surface area contributed by atoms with Crippen molar-refractivity contribution in [1.29, 1.82) is 0 Å². The lowest BCUT2D eigenvalue weighted by molar-refractivity contribution is 0.0981. The number of benzene rings is 2. The molecule has 0 amide bonds. The minimum absolute atomic E-state index is 0.0852. The van der Waals surface area contributed by atoms with Crippen molar-refractivity contribution in [2.75, 3.05) is 12.4 Å². The number of para-hydroxylation sites is 1. The monoisotopic (exact) mass is 423 g/mol. The molecule has 0 saturated carbocycles. The molecular formula is C20H14BrN3O3. The molecule has 27 heavy (non-hydrogen) atoms. The molecule has 0 fully saturated rings. The van der Waals surface area contributed by atoms with Crippen LogP contribution in [0.3, 0.4) is 0 Å². The molecule has 0 unspecified atom stereocenters. The number of carbonyl (C=O) groups is 2. The van der Waals surface area contributed by atoms with Gasteiger partial charge in [-0.3, -0.25) is 9.59 Å². The number of ketones is 2. The van der Waals surface area contributed by atoms with Gasteiger partial charge in [-0.25, -0.2) is 0 Å². The number of ether oxygens (including phenoxy) is 1. The van der Waals surface area contributed by atoms with Crippen molar-refractivity contribution >= 4 is 33.2 Å². The highest BCUT2D eigenvalue weighted by molar-refractivity contribution is 9.10. The number of fused-ring (bicyclic) bond motifs is 1. The summed E-state index contributed by atoms with van der Waals surface area (Å²) in [5.41, 5.74) is 1.83. The summed E-state index contributed by atoms with van der Waals surface area (Å²) >= 11 is 3.37. The average molecular weight is 424 g/mol. The Morgan fingerprint density at radius 1 is 1.04 bits per heavy atom. The van der Waals surface area contributed by atoms with Gasteiger partial charge in [0.15, 0.2) is 0 Å². The molecule has 1 aliphatic rings. The van der Waals surface area contributed by atoms with Gasteiger partial charge >= 0.3 is 0 Å². The highest BCUT2D eigenvalue weighted by atomic mass is 79.9. The van der Waals surface area contributed by atoms with Crippen LogP contribution in [0.5, 0.6) is 5.88 Å². The van der Waals surface area contributed by atoms with Gasteiger partial charge in [-0.1, -0.05) is 34.1 Å². The average Bonchev–Trinajstić information content (AvgIpc) is 3.09. The van der Waals surface area contributed by atoms with Gasteiger partial charge in [0.1, 0.15) is 11.3 Å². The second-order valence-electron chi connectivity index (χ2n) is 5.86. The first-order chi connectivity index (χ1) is 13.1. The zero-order valence-electron chi connectivity index (χ0n) is 14.3. The number of nitrogens with one attached hydrogen (secondary N) is 1. The molecule has 1 heterocycles. The second kappa shape index (κ2) is 6.85. The van der Waals surface area contributed by atoms with Gasteiger partial charge in [0, 0.05) is 16.2 Å². The fraction of sp³-hybridized carbons (Fsp3) is 0.0500. The van der Waals surface area contributed by atoms with E-state index < -0.39 is 0 Å². The van der Waals surface area contributed by atoms with E-state index >= 15 is 0 Å². The molecule has 0 bridgehead atoms. The number of hydrogen-bond acceptors (Lipinski definition) is 5. The number of rotatable bonds is 4. The van der Waals surface area contributed by atoms with Crippen molar-refractivity contribution in [1.82, 2.24) is 9.78 Å². The Kier molecular flexibility index (Phi) is 4.37. The number of anilines is 1. The predicted octanol–water partition coefficient (Wildman–Crippen LogP) is 4.02. The largest absolute Gasteiger partial charge is 0.480 e. The number of methoxy groups -OCH3 is 1. The van der Waals surface area contributed by atoms with Crippen molar-refractivity contribution in [2.45, 2.75) is 0 Å². The SMILES string of the molecule is COc1c2c(nn1-c1ccccc1)C(=O)C=C(Nc1ccc(Br)cc1)C2=O. The van der Waals surface area contributed by atoms with Gasteiger partial charge in [-0.05, 0) is 36.4 Å². The Hall–Kier alpha value is -3.19. The fourth-order valence-electron chi connectivity index (χ4n) is 2.89. The Bertz CT molecular complexity index is 1070. The maximum atomic E-state index is 13.0. The smallest absolute Gasteiger partial charge is 0.228 e. The molecule has 6 nitrogen and oxygen atoms in total. The topological polar surface area (TPSA) is 73.2 Å². The van der Waals surface area contributed by atoms with E-state index in [2.05, 4.69) is 26.3 Å². The molecule has 2 aromatic carbocycles. The van der Waals surface area contributed by atoms with Crippen LogP contribution < -0.4 is 10.1 Å². The molecule has 134 valence electrons. The van der Waals surface area contributed by atoms with Gasteiger partial charge in [-0.15, -0.1) is 0 Å². The Labute approximate surface area is 163 Å². The van der Waals surface area contributed by atoms with E-state index in [1.807, 2.05) is 54.6 Å². The lowest BCUT2D eigenvalue weighted by Crippen LogP contribution is -2.21. The first kappa shape index (κ1) is 17.2. The van der Waals surface area contributed by atoms with Crippen LogP contribution in [0.4, 0.5) is 5.69 Å². The molecule has 0 aliphatic heterocycles. The molecule has 1 N–H and O–H groups in total. The van der Waals surface area contributed by atoms with E-state index in [-0.39, 0.29) is 34.4 Å². The first-order valence-corrected chi connectivity index (χ1v) is 8.93. The highest BCUT2D eigenvalue weighted by Gasteiger charge is 2.34. The van der Waals surface area contributed by atoms with Crippen LogP contribution in [-0.2, 0) is 0 Å². The zero-order valence-corrected chi connectivity index (χ0v) is 15.9. The van der Waals surface area contributed by atoms with Gasteiger partial charge in [0.05, 0.1) is 18.5 Å². The summed E-state index contributed by atoms with van der Waals surface area (Å²) in [7, 11) is 1.45. The van der Waals surface area contributed by atoms with Crippen molar-refractivity contribution < 1.29 is 14.3 Å². The molecule has 1 aromatic heterocycles. The predicted molar refractivity (Wildman–Crippen MR) is 105 cm³/mol. The molecule has 4 rings (SSSR count). The summed E-state index contributed by atoms with van der Waals surface area (Å²) < 4.78 is 7.82. The lowest BCUT2D eigenvalue weighted by Gasteiger charge is -2.14. The maximum Gasteiger partial charge on any atom is 0.228 e. The van der Waals surface area contributed by atoms with E-state index in [9.17, 15) is 9.59 Å². The number of carbonyl (C=O) groups excluding carboxylic acids is 2. The number of halogens is 1. The van der Waals surface area contributed by atoms with E-state index in [0.717, 1.165) is 4.47 Å². The molecule has 0 radical (unpaired) electrons. The standard InChI is InChI=1S/C20H14BrN3O3/c1-27-20-17-18(23-24(20)14-5-3-2-4-6-14)16(25)11-15(19(17)26)22-13-9-7-12(21)8-10-13/h2-11,22H,1H3. The van der Waals surface area contributed by atoms with Crippen LogP contribution >= 0.6 is 15.9 Å². The highest BCUT2D eigenvalue weighted by Crippen LogP contribution is 2.32. The molecule has 1 aliphatic carbocycles. The first-order valence-electron chi connectivity index (χ1n) is 8.14. The van der Waals surface area contributed by atoms with E-state index in [4.69, 9.17) is 4.74 Å². The Morgan fingerprint density at radius 3 is 2.41 bits per heavy atom. The number of hydrogen-bond donors (Lipinski definition) is 1. The van der Waals surface area contributed by atoms with Crippen molar-refractivity contribution in [2.24, 2.45) is 0 Å². The molecular weight excluding hydrogens is 410 g/mol. The third kappa shape index (κ3) is 3.06. The summed E-state index contributed by atoms with van der Waals surface area (Å²) in [6.07, 6.45) is 1.27. The summed E-state index contributed by atoms with van der Waals surface area (Å²) in [5.74, 6) is -0.457. The van der Waals surface area contributed by atoms with Gasteiger partial charge in [0.25, 0.3) is 0 Å². The quantitative estimate of drug-likeness (QED) is 0.685. The zero-order chi connectivity index (χ0) is 19.0. The minimum atomic E-state index is -0.350. The van der Waals surface area contributed by atoms with Crippen LogP contribution in [0.1, 0.15) is 20.8 Å². The maximum absolute atomic E-state index is 13.0. The van der Waals surface area contributed by atoms with E-state index in [1.54, 1.807) is 0 Å². The minimum Gasteiger partial charge on any atom is -0.480 e. The van der Waals surface area contributed by atoms with Crippen molar-refractivity contribution in [3.63, 3.8) is 0 Å². The van der Waals surface area contributed by atoms with Gasteiger partial charge < -0.3 is 10.1 Å². The number of nitrogens with zero attached hydrogens (tertiary/aromatic N) is 2. The molecule has 3 aromatic rings. The van der Waals surface area contributed by atoms with Crippen molar-refractivity contribution in [3.05, 3.63) is 82.1 Å². The van der Waals surface area contributed by atoms with Crippen LogP contribution in [0.25, 0.3) is 5.69 Å². The van der Waals surface area contributed by atoms with Crippen LogP contribution in [-0.4, -0.2) is 28.5 Å². The molecule has 7 heteroatoms. The number of allylic oxidation sites excluding steroid dienone is 2. The number of Topliss-reactive ketones (excluding diaryl/α,β-unsaturated/α-hetero) is 1. The van der Waals surface area contributed by atoms with Gasteiger partial charge in [0.2, 0.25) is 17.4 Å². The van der Waals surface area contributed by atoms with Crippen LogP contribution in [0.2, 0.25) is 0 Å². The summed E-state index contributed by atoms with van der Waals surface area (Å²) in [4.78, 5) is 25.6. The second-order valence-corrected chi connectivity index (χ2v) is 6.78. The van der Waals surface area contributed by atoms with Crippen LogP contribution in [0.15, 0.2) is 70.8 Å². The Morgan fingerprint density at radius 2 is 1.74 bits per heavy atom. The normalized spacial score (nSPS) is 13.2. The molecule has 0 atom stereocenters. The summed E-state index contributed by atoms with van der Waals surface area (Å²) in [5, 5.41) is 7.33. The van der Waals surface area contributed by atoms with Gasteiger partial charge in [-0.2, -0.15) is 9.78 Å². The lowest BCUT2D eigenvalue weighted by atomic mass is 9.98. The van der Waals surface area contributed by atoms with E-state index in [0.29, 0.717) is 11.4 Å². The molecule has 0 spiro atoms. The summed E-state index contributed by atoms with van der Waals surface area (Å²) in [6, 6.07) is 16.5. The molecule has 0 saturated heterocycles. The fourth-order valence-corrected chi connectivity index (χ4v) is 3.16.